The number of ether oxygens (including phenoxy) is 1. The zero-order valence-corrected chi connectivity index (χ0v) is 18.2. The van der Waals surface area contributed by atoms with Crippen molar-refractivity contribution in [3.8, 4) is 0 Å². The Morgan fingerprint density at radius 2 is 1.52 bits per heavy atom. The Labute approximate surface area is 163 Å². The lowest BCUT2D eigenvalue weighted by Crippen LogP contribution is -2.18. The van der Waals surface area contributed by atoms with Crippen LogP contribution in [-0.4, -0.2) is 23.7 Å². The van der Waals surface area contributed by atoms with E-state index in [0.29, 0.717) is 6.10 Å². The van der Waals surface area contributed by atoms with E-state index in [2.05, 4.69) is 25.6 Å². The van der Waals surface area contributed by atoms with Crippen LogP contribution in [0, 0.1) is 0 Å². The van der Waals surface area contributed by atoms with E-state index in [1.807, 2.05) is 0 Å². The largest absolute Gasteiger partial charge is 0.378 e. The number of hydrogen-bond acceptors (Lipinski definition) is 2. The highest BCUT2D eigenvalue weighted by molar-refractivity contribution is 7.99. The van der Waals surface area contributed by atoms with Gasteiger partial charge in [0.05, 0.1) is 6.10 Å². The van der Waals surface area contributed by atoms with Crippen molar-refractivity contribution in [2.24, 2.45) is 0 Å². The molecule has 0 aromatic carbocycles. The summed E-state index contributed by atoms with van der Waals surface area (Å²) in [5, 5.41) is 0.878. The third-order valence-electron chi connectivity index (χ3n) is 5.56. The number of hydrogen-bond donors (Lipinski definition) is 0. The first kappa shape index (κ1) is 23.3. The average molecular weight is 371 g/mol. The van der Waals surface area contributed by atoms with E-state index in [1.54, 1.807) is 0 Å². The predicted octanol–water partition coefficient (Wildman–Crippen LogP) is 8.16. The minimum Gasteiger partial charge on any atom is -0.378 e. The van der Waals surface area contributed by atoms with Crippen LogP contribution >= 0.6 is 11.8 Å². The van der Waals surface area contributed by atoms with Gasteiger partial charge in [-0.3, -0.25) is 0 Å². The van der Waals surface area contributed by atoms with E-state index in [1.165, 1.54) is 115 Å². The highest BCUT2D eigenvalue weighted by Crippen LogP contribution is 2.21. The Balaban J connectivity index is 1.73. The van der Waals surface area contributed by atoms with Crippen molar-refractivity contribution in [1.29, 1.82) is 0 Å². The summed E-state index contributed by atoms with van der Waals surface area (Å²) in [6.45, 7) is 5.74. The maximum absolute atomic E-state index is 5.81. The van der Waals surface area contributed by atoms with Gasteiger partial charge < -0.3 is 4.74 Å². The SMILES string of the molecule is CCCCCCCC(C)SCCCCCCCCCC1CCCCO1. The second-order valence-electron chi connectivity index (χ2n) is 8.14. The molecule has 25 heavy (non-hydrogen) atoms. The van der Waals surface area contributed by atoms with Crippen LogP contribution in [0.2, 0.25) is 0 Å². The molecule has 0 N–H and O–H groups in total. The first-order valence-corrected chi connectivity index (χ1v) is 12.6. The monoisotopic (exact) mass is 370 g/mol. The quantitative estimate of drug-likeness (QED) is 0.239. The molecule has 0 bridgehead atoms. The second-order valence-corrected chi connectivity index (χ2v) is 9.68. The molecule has 0 saturated carbocycles. The fourth-order valence-corrected chi connectivity index (χ4v) is 4.90. The molecule has 2 unspecified atom stereocenters. The number of rotatable bonds is 17. The van der Waals surface area contributed by atoms with E-state index >= 15 is 0 Å². The molecule has 1 aliphatic rings. The van der Waals surface area contributed by atoms with E-state index in [4.69, 9.17) is 4.74 Å². The molecule has 0 aromatic rings. The van der Waals surface area contributed by atoms with E-state index in [0.717, 1.165) is 11.9 Å². The minimum atomic E-state index is 0.597. The Bertz CT molecular complexity index is 263. The van der Waals surface area contributed by atoms with Gasteiger partial charge in [0.15, 0.2) is 0 Å². The van der Waals surface area contributed by atoms with Crippen LogP contribution in [0.4, 0.5) is 0 Å². The van der Waals surface area contributed by atoms with Crippen LogP contribution in [0.5, 0.6) is 0 Å². The van der Waals surface area contributed by atoms with Crippen LogP contribution < -0.4 is 0 Å². The Hall–Kier alpha value is 0.310. The Morgan fingerprint density at radius 3 is 2.24 bits per heavy atom. The molecule has 2 heteroatoms. The summed E-state index contributed by atoms with van der Waals surface area (Å²) < 4.78 is 5.81. The smallest absolute Gasteiger partial charge is 0.0575 e. The zero-order chi connectivity index (χ0) is 18.0. The topological polar surface area (TPSA) is 9.23 Å². The molecule has 0 aliphatic carbocycles. The van der Waals surface area contributed by atoms with Gasteiger partial charge in [-0.2, -0.15) is 11.8 Å². The zero-order valence-electron chi connectivity index (χ0n) is 17.4. The molecule has 0 amide bonds. The van der Waals surface area contributed by atoms with Crippen LogP contribution in [0.3, 0.4) is 0 Å². The molecule has 2 atom stereocenters. The van der Waals surface area contributed by atoms with E-state index in [9.17, 15) is 0 Å². The fourth-order valence-electron chi connectivity index (χ4n) is 3.80. The first-order valence-electron chi connectivity index (χ1n) is 11.6. The molecule has 1 fully saturated rings. The summed E-state index contributed by atoms with van der Waals surface area (Å²) >= 11 is 2.21. The Morgan fingerprint density at radius 1 is 0.840 bits per heavy atom. The van der Waals surface area contributed by atoms with Gasteiger partial charge in [0.25, 0.3) is 0 Å². The highest BCUT2D eigenvalue weighted by Gasteiger charge is 2.12. The van der Waals surface area contributed by atoms with Crippen LogP contribution in [0.1, 0.15) is 123 Å². The maximum atomic E-state index is 5.81. The summed E-state index contributed by atoms with van der Waals surface area (Å²) in [5.74, 6) is 1.38. The molecule has 0 spiro atoms. The van der Waals surface area contributed by atoms with Crippen molar-refractivity contribution in [1.82, 2.24) is 0 Å². The molecule has 0 radical (unpaired) electrons. The molecule has 1 aliphatic heterocycles. The van der Waals surface area contributed by atoms with Crippen molar-refractivity contribution in [2.45, 2.75) is 134 Å². The van der Waals surface area contributed by atoms with Gasteiger partial charge in [-0.15, -0.1) is 0 Å². The van der Waals surface area contributed by atoms with Gasteiger partial charge in [0.2, 0.25) is 0 Å². The highest BCUT2D eigenvalue weighted by atomic mass is 32.2. The summed E-state index contributed by atoms with van der Waals surface area (Å²) in [5.41, 5.74) is 0. The van der Waals surface area contributed by atoms with Crippen molar-refractivity contribution in [3.05, 3.63) is 0 Å². The van der Waals surface area contributed by atoms with Gasteiger partial charge in [-0.1, -0.05) is 84.5 Å². The molecule has 150 valence electrons. The van der Waals surface area contributed by atoms with E-state index in [-0.39, 0.29) is 0 Å². The molecular formula is C23H46OS. The second kappa shape index (κ2) is 17.7. The molecule has 1 rings (SSSR count). The van der Waals surface area contributed by atoms with Gasteiger partial charge in [-0.25, -0.2) is 0 Å². The molecule has 1 nitrogen and oxygen atoms in total. The number of unbranched alkanes of at least 4 members (excludes halogenated alkanes) is 10. The summed E-state index contributed by atoms with van der Waals surface area (Å²) in [4.78, 5) is 0. The molecule has 1 saturated heterocycles. The van der Waals surface area contributed by atoms with Crippen LogP contribution in [0.25, 0.3) is 0 Å². The van der Waals surface area contributed by atoms with Gasteiger partial charge in [0.1, 0.15) is 0 Å². The summed E-state index contributed by atoms with van der Waals surface area (Å²) in [7, 11) is 0. The summed E-state index contributed by atoms with van der Waals surface area (Å²) in [6.07, 6.45) is 24.5. The van der Waals surface area contributed by atoms with Crippen molar-refractivity contribution in [2.75, 3.05) is 12.4 Å². The molecular weight excluding hydrogens is 324 g/mol. The minimum absolute atomic E-state index is 0.597. The van der Waals surface area contributed by atoms with Crippen molar-refractivity contribution < 1.29 is 4.74 Å². The van der Waals surface area contributed by atoms with E-state index < -0.39 is 0 Å². The molecule has 0 aromatic heterocycles. The third-order valence-corrected chi connectivity index (χ3v) is 6.89. The Kier molecular flexibility index (Phi) is 16.5. The predicted molar refractivity (Wildman–Crippen MR) is 116 cm³/mol. The standard InChI is InChI=1S/C23H46OS/c1-3-4-5-9-12-17-22(2)25-21-16-11-8-6-7-10-13-18-23-19-14-15-20-24-23/h22-23H,3-21H2,1-2H3. The molecule has 1 heterocycles. The average Bonchev–Trinajstić information content (AvgIpc) is 2.64. The lowest BCUT2D eigenvalue weighted by atomic mass is 10.0. The maximum Gasteiger partial charge on any atom is 0.0575 e. The van der Waals surface area contributed by atoms with Gasteiger partial charge in [-0.05, 0) is 44.3 Å². The van der Waals surface area contributed by atoms with Crippen LogP contribution in [-0.2, 0) is 4.74 Å². The lowest BCUT2D eigenvalue weighted by molar-refractivity contribution is 0.00977. The normalized spacial score (nSPS) is 19.2. The van der Waals surface area contributed by atoms with Crippen LogP contribution in [0.15, 0.2) is 0 Å². The third kappa shape index (κ3) is 15.1. The van der Waals surface area contributed by atoms with Crippen molar-refractivity contribution >= 4 is 11.8 Å². The van der Waals surface area contributed by atoms with Crippen molar-refractivity contribution in [3.63, 3.8) is 0 Å². The number of thioether (sulfide) groups is 1. The summed E-state index contributed by atoms with van der Waals surface area (Å²) in [6, 6.07) is 0. The van der Waals surface area contributed by atoms with Gasteiger partial charge in [0, 0.05) is 11.9 Å². The van der Waals surface area contributed by atoms with Gasteiger partial charge >= 0.3 is 0 Å². The lowest BCUT2D eigenvalue weighted by Gasteiger charge is -2.22. The fraction of sp³-hybridized carbons (Fsp3) is 1.00. The first-order chi connectivity index (χ1) is 12.3.